The second-order valence-electron chi connectivity index (χ2n) is 6.20. The van der Waals surface area contributed by atoms with Crippen LogP contribution in [0.4, 0.5) is 5.82 Å². The number of anilines is 1. The van der Waals surface area contributed by atoms with Crippen LogP contribution in [0.2, 0.25) is 0 Å². The van der Waals surface area contributed by atoms with Crippen molar-refractivity contribution >= 4 is 29.4 Å². The maximum Gasteiger partial charge on any atom is 0.243 e. The van der Waals surface area contributed by atoms with E-state index in [1.807, 2.05) is 0 Å². The van der Waals surface area contributed by atoms with Gasteiger partial charge in [-0.05, 0) is 12.1 Å². The van der Waals surface area contributed by atoms with Crippen LogP contribution in [0.5, 0.6) is 0 Å². The van der Waals surface area contributed by atoms with Crippen LogP contribution in [-0.4, -0.2) is 69.1 Å². The molecule has 27 heavy (non-hydrogen) atoms. The quantitative estimate of drug-likeness (QED) is 0.392. The summed E-state index contributed by atoms with van der Waals surface area (Å²) >= 11 is 1.21. The molecule has 9 nitrogen and oxygen atoms in total. The lowest BCUT2D eigenvalue weighted by molar-refractivity contribution is -0.130. The first-order chi connectivity index (χ1) is 12.9. The first-order valence-electron chi connectivity index (χ1n) is 8.77. The van der Waals surface area contributed by atoms with Gasteiger partial charge in [-0.1, -0.05) is 13.0 Å². The third-order valence-corrected chi connectivity index (χ3v) is 5.37. The number of ether oxygens (including phenoxy) is 1. The number of nitrogens with two attached hydrogens (primary N) is 1. The molecule has 0 saturated carbocycles. The largest absolute Gasteiger partial charge is 0.394 e. The lowest BCUT2D eigenvalue weighted by Crippen LogP contribution is -2.56. The molecule has 2 rings (SSSR count). The van der Waals surface area contributed by atoms with E-state index in [9.17, 15) is 19.8 Å². The summed E-state index contributed by atoms with van der Waals surface area (Å²) in [4.78, 5) is 27.9. The van der Waals surface area contributed by atoms with Crippen LogP contribution in [0, 0.1) is 0 Å². The monoisotopic (exact) mass is 398 g/mol. The maximum absolute atomic E-state index is 12.2. The van der Waals surface area contributed by atoms with E-state index in [1.54, 1.807) is 31.3 Å². The summed E-state index contributed by atoms with van der Waals surface area (Å²) < 4.78 is 5.75. The van der Waals surface area contributed by atoms with Gasteiger partial charge in [-0.2, -0.15) is 0 Å². The summed E-state index contributed by atoms with van der Waals surface area (Å²) in [7, 11) is 0. The summed E-state index contributed by atoms with van der Waals surface area (Å²) in [5.74, 6) is -0.00815. The van der Waals surface area contributed by atoms with Gasteiger partial charge in [-0.25, -0.2) is 4.98 Å². The van der Waals surface area contributed by atoms with Crippen LogP contribution in [0.1, 0.15) is 19.8 Å². The molecule has 1 saturated heterocycles. The van der Waals surface area contributed by atoms with Gasteiger partial charge in [0.1, 0.15) is 11.3 Å². The predicted octanol–water partition coefficient (Wildman–Crippen LogP) is -0.556. The van der Waals surface area contributed by atoms with Crippen molar-refractivity contribution in [3.63, 3.8) is 0 Å². The van der Waals surface area contributed by atoms with Crippen LogP contribution >= 0.6 is 11.8 Å². The molecule has 0 bridgehead atoms. The minimum Gasteiger partial charge on any atom is -0.394 e. The molecule has 0 unspecified atom stereocenters. The molecule has 0 radical (unpaired) electrons. The van der Waals surface area contributed by atoms with Crippen molar-refractivity contribution < 1.29 is 24.5 Å². The molecule has 5 atom stereocenters. The Bertz CT molecular complexity index is 621. The maximum atomic E-state index is 12.2. The van der Waals surface area contributed by atoms with Crippen LogP contribution < -0.4 is 16.4 Å². The summed E-state index contributed by atoms with van der Waals surface area (Å²) in [6.07, 6.45) is 0.654. The second-order valence-corrected chi connectivity index (χ2v) is 7.33. The van der Waals surface area contributed by atoms with Crippen molar-refractivity contribution in [2.75, 3.05) is 17.7 Å². The molecule has 0 aromatic carbocycles. The molecule has 150 valence electrons. The van der Waals surface area contributed by atoms with Crippen molar-refractivity contribution in [1.82, 2.24) is 10.3 Å². The molecule has 10 heteroatoms. The molecular formula is C17H26N4O5S. The number of nitrogens with one attached hydrogen (secondary N) is 2. The third-order valence-electron chi connectivity index (χ3n) is 4.08. The van der Waals surface area contributed by atoms with Gasteiger partial charge in [0, 0.05) is 24.8 Å². The molecule has 6 N–H and O–H groups in total. The van der Waals surface area contributed by atoms with Gasteiger partial charge in [0.05, 0.1) is 30.9 Å². The molecule has 1 aliphatic rings. The zero-order valence-corrected chi connectivity index (χ0v) is 15.9. The number of nitrogens with zero attached hydrogens (tertiary/aromatic N) is 1. The fraction of sp³-hybridized carbons (Fsp3) is 0.588. The highest BCUT2D eigenvalue weighted by molar-refractivity contribution is 7.99. The Morgan fingerprint density at radius 1 is 1.48 bits per heavy atom. The number of rotatable bonds is 8. The molecule has 1 aromatic rings. The van der Waals surface area contributed by atoms with Crippen LogP contribution in [0.3, 0.4) is 0 Å². The van der Waals surface area contributed by atoms with Gasteiger partial charge in [0.15, 0.2) is 0 Å². The van der Waals surface area contributed by atoms with E-state index in [1.165, 1.54) is 11.8 Å². The van der Waals surface area contributed by atoms with Crippen LogP contribution in [0.25, 0.3) is 0 Å². The van der Waals surface area contributed by atoms with Crippen molar-refractivity contribution in [1.29, 1.82) is 0 Å². The predicted molar refractivity (Wildman–Crippen MR) is 102 cm³/mol. The van der Waals surface area contributed by atoms with E-state index in [2.05, 4.69) is 15.6 Å². The summed E-state index contributed by atoms with van der Waals surface area (Å²) in [6, 6.07) is 3.65. The van der Waals surface area contributed by atoms with E-state index < -0.39 is 35.6 Å². The molecular weight excluding hydrogens is 372 g/mol. The van der Waals surface area contributed by atoms with E-state index in [4.69, 9.17) is 10.5 Å². The Morgan fingerprint density at radius 2 is 2.26 bits per heavy atom. The van der Waals surface area contributed by atoms with E-state index in [-0.39, 0.29) is 31.1 Å². The Labute approximate surface area is 162 Å². The van der Waals surface area contributed by atoms with Crippen molar-refractivity contribution in [2.24, 2.45) is 5.73 Å². The molecule has 2 amide bonds. The van der Waals surface area contributed by atoms with Gasteiger partial charge in [0.25, 0.3) is 0 Å². The molecule has 0 aliphatic carbocycles. The molecule has 0 spiro atoms. The zero-order valence-electron chi connectivity index (χ0n) is 15.1. The third kappa shape index (κ3) is 6.43. The van der Waals surface area contributed by atoms with Gasteiger partial charge in [0.2, 0.25) is 11.8 Å². The molecule has 1 aliphatic heterocycles. The van der Waals surface area contributed by atoms with Crippen molar-refractivity contribution in [3.05, 3.63) is 24.4 Å². The Kier molecular flexibility index (Phi) is 8.45. The second kappa shape index (κ2) is 10.6. The molecule has 1 aromatic heterocycles. The van der Waals surface area contributed by atoms with Gasteiger partial charge in [-0.3, -0.25) is 9.59 Å². The molecule has 2 heterocycles. The number of hydrogen-bond acceptors (Lipinski definition) is 8. The number of aliphatic hydroxyl groups excluding tert-OH is 2. The van der Waals surface area contributed by atoms with Gasteiger partial charge < -0.3 is 31.3 Å². The lowest BCUT2D eigenvalue weighted by Gasteiger charge is -2.39. The number of carbonyl (C=O) groups excluding carboxylic acids is 2. The highest BCUT2D eigenvalue weighted by atomic mass is 32.2. The minimum atomic E-state index is -0.859. The number of hydrogen-bond donors (Lipinski definition) is 5. The highest BCUT2D eigenvalue weighted by Crippen LogP contribution is 2.28. The number of pyridine rings is 1. The first kappa shape index (κ1) is 21.6. The van der Waals surface area contributed by atoms with Gasteiger partial charge >= 0.3 is 0 Å². The van der Waals surface area contributed by atoms with Crippen molar-refractivity contribution in [2.45, 2.75) is 49.5 Å². The summed E-state index contributed by atoms with van der Waals surface area (Å²) in [5, 5.41) is 25.0. The fourth-order valence-corrected chi connectivity index (χ4v) is 3.81. The smallest absolute Gasteiger partial charge is 0.243 e. The van der Waals surface area contributed by atoms with Crippen molar-refractivity contribution in [3.8, 4) is 0 Å². The van der Waals surface area contributed by atoms with Crippen LogP contribution in [-0.2, 0) is 14.3 Å². The highest BCUT2D eigenvalue weighted by Gasteiger charge is 2.39. The minimum absolute atomic E-state index is 0.201. The fourth-order valence-electron chi connectivity index (χ4n) is 2.57. The topological polar surface area (TPSA) is 147 Å². The average Bonchev–Trinajstić information content (AvgIpc) is 2.68. The average molecular weight is 398 g/mol. The Morgan fingerprint density at radius 3 is 2.89 bits per heavy atom. The first-order valence-corrected chi connectivity index (χ1v) is 9.82. The Balaban J connectivity index is 1.94. The standard InChI is InChI=1S/C17H26N4O5S/c1-2-14(24)21-15-12(23)7-10(8-22)26-17(15)27-9-11(18)16(25)20-13-5-3-4-6-19-13/h3-6,10-12,15,17,22-23H,2,7-9,18H2,1H3,(H,21,24)(H,19,20,25)/t10-,11-,12-,15+,17-/m0/s1. The number of aliphatic hydroxyl groups is 2. The number of aromatic nitrogens is 1. The van der Waals surface area contributed by atoms with E-state index >= 15 is 0 Å². The lowest BCUT2D eigenvalue weighted by atomic mass is 10.0. The number of carbonyl (C=O) groups is 2. The number of thioether (sulfide) groups is 1. The van der Waals surface area contributed by atoms with E-state index in [0.29, 0.717) is 5.82 Å². The summed E-state index contributed by atoms with van der Waals surface area (Å²) in [6.45, 7) is 1.47. The number of amides is 2. The molecule has 1 fully saturated rings. The van der Waals surface area contributed by atoms with Gasteiger partial charge in [-0.15, -0.1) is 11.8 Å². The zero-order chi connectivity index (χ0) is 19.8. The summed E-state index contributed by atoms with van der Waals surface area (Å²) in [5.41, 5.74) is 5.31. The Hall–Kier alpha value is -1.72. The van der Waals surface area contributed by atoms with E-state index in [0.717, 1.165) is 0 Å². The van der Waals surface area contributed by atoms with Crippen LogP contribution in [0.15, 0.2) is 24.4 Å². The normalized spacial score (nSPS) is 26.2. The SMILES string of the molecule is CCC(=O)N[C@@H]1[C@@H](O)C[C@@H](CO)O[C@H]1SC[C@H](N)C(=O)Nc1ccccn1.